The highest BCUT2D eigenvalue weighted by Gasteiger charge is 2.40. The van der Waals surface area contributed by atoms with Crippen LogP contribution in [0.3, 0.4) is 0 Å². The molecule has 0 spiro atoms. The first kappa shape index (κ1) is 12.3. The van der Waals surface area contributed by atoms with Crippen LogP contribution in [0.1, 0.15) is 19.8 Å². The van der Waals surface area contributed by atoms with Gasteiger partial charge < -0.3 is 5.32 Å². The number of alkyl halides is 3. The quantitative estimate of drug-likeness (QED) is 0.718. The van der Waals surface area contributed by atoms with E-state index in [0.29, 0.717) is 6.54 Å². The first-order valence-corrected chi connectivity index (χ1v) is 4.97. The second kappa shape index (κ2) is 4.83. The molecule has 1 fully saturated rings. The molecule has 1 amide bonds. The molecule has 88 valence electrons. The van der Waals surface area contributed by atoms with Gasteiger partial charge in [-0.15, -0.1) is 13.2 Å². The van der Waals surface area contributed by atoms with Gasteiger partial charge >= 0.3 is 6.30 Å². The van der Waals surface area contributed by atoms with E-state index in [1.165, 1.54) is 0 Å². The summed E-state index contributed by atoms with van der Waals surface area (Å²) in [5.41, 5.74) is 0. The van der Waals surface area contributed by atoms with Gasteiger partial charge in [-0.25, -0.2) is 0 Å². The third-order valence-corrected chi connectivity index (χ3v) is 2.53. The monoisotopic (exact) mass is 224 g/mol. The number of rotatable bonds is 2. The summed E-state index contributed by atoms with van der Waals surface area (Å²) in [6.07, 6.45) is -2.94. The Morgan fingerprint density at radius 3 is 2.60 bits per heavy atom. The zero-order valence-electron chi connectivity index (χ0n) is 8.60. The highest BCUT2D eigenvalue weighted by molar-refractivity contribution is 5.73. The summed E-state index contributed by atoms with van der Waals surface area (Å²) < 4.78 is 37.2. The van der Waals surface area contributed by atoms with Gasteiger partial charge in [-0.1, -0.05) is 0 Å². The number of hydrogen-bond donors (Lipinski definition) is 1. The summed E-state index contributed by atoms with van der Waals surface area (Å²) >= 11 is 0. The van der Waals surface area contributed by atoms with Gasteiger partial charge in [0.1, 0.15) is 0 Å². The van der Waals surface area contributed by atoms with Crippen molar-refractivity contribution in [2.45, 2.75) is 26.1 Å². The molecule has 0 aromatic carbocycles. The predicted molar refractivity (Wildman–Crippen MR) is 49.0 cm³/mol. The Bertz CT molecular complexity index is 224. The van der Waals surface area contributed by atoms with Crippen LogP contribution < -0.4 is 5.32 Å². The Labute approximate surface area is 86.6 Å². The third kappa shape index (κ3) is 3.70. The van der Waals surface area contributed by atoms with Gasteiger partial charge in [0.05, 0.1) is 0 Å². The number of piperidine rings is 1. The topological polar surface area (TPSA) is 32.3 Å². The number of amides is 1. The van der Waals surface area contributed by atoms with E-state index in [4.69, 9.17) is 0 Å². The predicted octanol–water partition coefficient (Wildman–Crippen LogP) is 1.35. The van der Waals surface area contributed by atoms with Crippen molar-refractivity contribution >= 4 is 5.91 Å². The molecule has 0 aromatic rings. The lowest BCUT2D eigenvalue weighted by molar-refractivity contribution is -0.242. The number of carbonyl (C=O) groups excluding carboxylic acids is 1. The van der Waals surface area contributed by atoms with Crippen LogP contribution in [0.4, 0.5) is 13.2 Å². The maximum atomic E-state index is 12.4. The Kier molecular flexibility index (Phi) is 3.96. The lowest BCUT2D eigenvalue weighted by Crippen LogP contribution is -2.47. The minimum absolute atomic E-state index is 0.00926. The first-order valence-electron chi connectivity index (χ1n) is 4.97. The van der Waals surface area contributed by atoms with E-state index in [-0.39, 0.29) is 17.4 Å². The van der Waals surface area contributed by atoms with Gasteiger partial charge in [-0.3, -0.25) is 9.69 Å². The highest BCUT2D eigenvalue weighted by Crippen LogP contribution is 2.24. The molecule has 0 aromatic heterocycles. The number of hydrogen-bond acceptors (Lipinski definition) is 2. The van der Waals surface area contributed by atoms with Crippen molar-refractivity contribution in [2.24, 2.45) is 5.92 Å². The van der Waals surface area contributed by atoms with Gasteiger partial charge in [0.25, 0.3) is 0 Å². The van der Waals surface area contributed by atoms with E-state index in [1.807, 2.05) is 0 Å². The summed E-state index contributed by atoms with van der Waals surface area (Å²) in [4.78, 5) is 10.8. The Morgan fingerprint density at radius 2 is 2.20 bits per heavy atom. The summed E-state index contributed by atoms with van der Waals surface area (Å²) in [6.45, 7) is 2.12. The minimum atomic E-state index is -4.55. The van der Waals surface area contributed by atoms with Crippen LogP contribution in [0.2, 0.25) is 0 Å². The molecule has 1 N–H and O–H groups in total. The van der Waals surface area contributed by atoms with E-state index < -0.39 is 12.2 Å². The van der Waals surface area contributed by atoms with Crippen molar-refractivity contribution in [1.82, 2.24) is 10.2 Å². The molecular weight excluding hydrogens is 209 g/mol. The van der Waals surface area contributed by atoms with Crippen LogP contribution in [-0.4, -0.2) is 36.7 Å². The van der Waals surface area contributed by atoms with Crippen molar-refractivity contribution in [3.05, 3.63) is 0 Å². The lowest BCUT2D eigenvalue weighted by Gasteiger charge is -2.30. The summed E-state index contributed by atoms with van der Waals surface area (Å²) in [5.74, 6) is -1.03. The molecule has 0 aliphatic carbocycles. The number of carbonyl (C=O) groups is 1. The molecule has 15 heavy (non-hydrogen) atoms. The molecule has 1 unspecified atom stereocenters. The van der Waals surface area contributed by atoms with Crippen molar-refractivity contribution < 1.29 is 18.0 Å². The van der Waals surface area contributed by atoms with E-state index in [0.717, 1.165) is 26.3 Å². The van der Waals surface area contributed by atoms with Crippen molar-refractivity contribution in [1.29, 1.82) is 0 Å². The molecule has 0 saturated carbocycles. The van der Waals surface area contributed by atoms with Gasteiger partial charge in [-0.2, -0.15) is 0 Å². The molecule has 1 atom stereocenters. The fourth-order valence-corrected chi connectivity index (χ4v) is 1.75. The maximum absolute atomic E-state index is 12.4. The zero-order valence-corrected chi connectivity index (χ0v) is 8.60. The summed E-state index contributed by atoms with van der Waals surface area (Å²) in [6, 6.07) is 0. The Morgan fingerprint density at radius 1 is 1.53 bits per heavy atom. The van der Waals surface area contributed by atoms with Crippen LogP contribution >= 0.6 is 0 Å². The van der Waals surface area contributed by atoms with Crippen LogP contribution in [0, 0.1) is 5.92 Å². The molecular formula is C9H15F3N2O. The van der Waals surface area contributed by atoms with E-state index in [2.05, 4.69) is 5.32 Å². The molecule has 1 heterocycles. The first-order chi connectivity index (χ1) is 6.91. The van der Waals surface area contributed by atoms with E-state index >= 15 is 0 Å². The van der Waals surface area contributed by atoms with E-state index in [1.54, 1.807) is 0 Å². The molecule has 0 bridgehead atoms. The van der Waals surface area contributed by atoms with Crippen molar-refractivity contribution in [3.8, 4) is 0 Å². The Balaban J connectivity index is 2.54. The van der Waals surface area contributed by atoms with E-state index in [9.17, 15) is 18.0 Å². The third-order valence-electron chi connectivity index (χ3n) is 2.53. The number of halogens is 3. The van der Waals surface area contributed by atoms with Crippen molar-refractivity contribution in [3.63, 3.8) is 0 Å². The van der Waals surface area contributed by atoms with Crippen molar-refractivity contribution in [2.75, 3.05) is 19.6 Å². The standard InChI is InChI=1S/C9H15F3N2O/c1-7(15)14(9(10,11)12)6-8-3-2-4-13-5-8/h8,13H,2-6H2,1H3. The zero-order chi connectivity index (χ0) is 11.5. The van der Waals surface area contributed by atoms with Crippen LogP contribution in [-0.2, 0) is 4.79 Å². The fourth-order valence-electron chi connectivity index (χ4n) is 1.75. The lowest BCUT2D eigenvalue weighted by atomic mass is 9.99. The molecule has 1 rings (SSSR count). The molecule has 1 aliphatic heterocycles. The van der Waals surface area contributed by atoms with Crippen LogP contribution in [0.5, 0.6) is 0 Å². The van der Waals surface area contributed by atoms with Gasteiger partial charge in [0, 0.05) is 13.5 Å². The summed E-state index contributed by atoms with van der Waals surface area (Å²) in [7, 11) is 0. The van der Waals surface area contributed by atoms with Crippen LogP contribution in [0.15, 0.2) is 0 Å². The normalized spacial score (nSPS) is 22.5. The molecule has 6 heteroatoms. The number of nitrogens with zero attached hydrogens (tertiary/aromatic N) is 1. The Hall–Kier alpha value is -0.780. The van der Waals surface area contributed by atoms with Gasteiger partial charge in [-0.05, 0) is 31.8 Å². The molecule has 3 nitrogen and oxygen atoms in total. The SMILES string of the molecule is CC(=O)N(CC1CCCNC1)C(F)(F)F. The van der Waals surface area contributed by atoms with Gasteiger partial charge in [0.2, 0.25) is 5.91 Å². The second-order valence-electron chi connectivity index (χ2n) is 3.81. The fraction of sp³-hybridized carbons (Fsp3) is 0.889. The highest BCUT2D eigenvalue weighted by atomic mass is 19.4. The smallest absolute Gasteiger partial charge is 0.316 e. The molecule has 1 aliphatic rings. The largest absolute Gasteiger partial charge is 0.487 e. The van der Waals surface area contributed by atoms with Gasteiger partial charge in [0.15, 0.2) is 0 Å². The molecule has 0 radical (unpaired) electrons. The summed E-state index contributed by atoms with van der Waals surface area (Å²) in [5, 5.41) is 3.03. The second-order valence-corrected chi connectivity index (χ2v) is 3.81. The molecule has 1 saturated heterocycles. The average Bonchev–Trinajstić information content (AvgIpc) is 2.13. The average molecular weight is 224 g/mol. The number of nitrogens with one attached hydrogen (secondary N) is 1. The van der Waals surface area contributed by atoms with Crippen LogP contribution in [0.25, 0.3) is 0 Å². The maximum Gasteiger partial charge on any atom is 0.487 e. The minimum Gasteiger partial charge on any atom is -0.316 e.